The van der Waals surface area contributed by atoms with Crippen LogP contribution in [0.4, 0.5) is 0 Å². The van der Waals surface area contributed by atoms with Crippen molar-refractivity contribution >= 4 is 15.9 Å². The van der Waals surface area contributed by atoms with Gasteiger partial charge in [-0.05, 0) is 35.7 Å². The summed E-state index contributed by atoms with van der Waals surface area (Å²) in [6.45, 7) is 1.76. The molecule has 0 aliphatic heterocycles. The molecule has 2 rings (SSSR count). The Morgan fingerprint density at radius 1 is 1.21 bits per heavy atom. The molecule has 0 heterocycles. The molecule has 1 unspecified atom stereocenters. The average molecular weight is 321 g/mol. The van der Waals surface area contributed by atoms with Crippen molar-refractivity contribution in [1.29, 1.82) is 0 Å². The molecule has 2 aromatic rings. The fourth-order valence-electron chi connectivity index (χ4n) is 2.08. The number of benzene rings is 2. The van der Waals surface area contributed by atoms with E-state index < -0.39 is 6.10 Å². The lowest BCUT2D eigenvalue weighted by atomic mass is 10.00. The van der Waals surface area contributed by atoms with E-state index in [1.807, 2.05) is 30.3 Å². The maximum atomic E-state index is 9.79. The van der Waals surface area contributed by atoms with Gasteiger partial charge in [0.1, 0.15) is 5.75 Å². The van der Waals surface area contributed by atoms with E-state index in [0.717, 1.165) is 27.8 Å². The van der Waals surface area contributed by atoms with Crippen LogP contribution in [-0.2, 0) is 6.42 Å². The van der Waals surface area contributed by atoms with Gasteiger partial charge >= 0.3 is 0 Å². The Balaban J connectivity index is 2.40. The molecule has 0 spiro atoms. The van der Waals surface area contributed by atoms with Crippen LogP contribution in [-0.4, -0.2) is 12.2 Å². The highest BCUT2D eigenvalue weighted by Crippen LogP contribution is 2.32. The number of ether oxygens (including phenoxy) is 1. The van der Waals surface area contributed by atoms with Gasteiger partial charge in [0.05, 0.1) is 13.2 Å². The maximum Gasteiger partial charge on any atom is 0.123 e. The molecule has 100 valence electrons. The normalized spacial score (nSPS) is 12.2. The van der Waals surface area contributed by atoms with Crippen LogP contribution in [0.5, 0.6) is 5.75 Å². The Morgan fingerprint density at radius 3 is 2.47 bits per heavy atom. The fraction of sp³-hybridized carbons (Fsp3) is 0.250. The first-order chi connectivity index (χ1) is 9.11. The minimum absolute atomic E-state index is 0.505. The van der Waals surface area contributed by atoms with E-state index in [-0.39, 0.29) is 0 Å². The number of rotatable bonds is 4. The van der Waals surface area contributed by atoms with Gasteiger partial charge in [0.2, 0.25) is 0 Å². The van der Waals surface area contributed by atoms with E-state index in [1.54, 1.807) is 14.0 Å². The Hall–Kier alpha value is -1.32. The minimum atomic E-state index is -0.505. The van der Waals surface area contributed by atoms with Crippen LogP contribution in [0.2, 0.25) is 0 Å². The van der Waals surface area contributed by atoms with E-state index in [2.05, 4.69) is 28.1 Å². The van der Waals surface area contributed by atoms with Gasteiger partial charge in [-0.15, -0.1) is 0 Å². The van der Waals surface area contributed by atoms with Crippen LogP contribution >= 0.6 is 15.9 Å². The summed E-state index contributed by atoms with van der Waals surface area (Å²) >= 11 is 3.47. The third kappa shape index (κ3) is 3.37. The number of methoxy groups -OCH3 is 1. The van der Waals surface area contributed by atoms with E-state index in [1.165, 1.54) is 5.56 Å². The molecule has 2 nitrogen and oxygen atoms in total. The highest BCUT2D eigenvalue weighted by atomic mass is 79.9. The first kappa shape index (κ1) is 14.1. The lowest BCUT2D eigenvalue weighted by Crippen LogP contribution is -1.99. The van der Waals surface area contributed by atoms with Gasteiger partial charge in [0, 0.05) is 10.9 Å². The summed E-state index contributed by atoms with van der Waals surface area (Å²) in [7, 11) is 1.66. The molecule has 0 saturated carbocycles. The summed E-state index contributed by atoms with van der Waals surface area (Å²) in [6.07, 6.45) is 0.284. The largest absolute Gasteiger partial charge is 0.496 e. The molecule has 0 aromatic heterocycles. The SMILES string of the molecule is COc1cc(Br)c(C(C)O)cc1Cc1ccccc1. The average Bonchev–Trinajstić information content (AvgIpc) is 2.41. The van der Waals surface area contributed by atoms with Crippen molar-refractivity contribution in [3.05, 3.63) is 63.6 Å². The zero-order valence-electron chi connectivity index (χ0n) is 11.1. The van der Waals surface area contributed by atoms with Crippen molar-refractivity contribution in [2.75, 3.05) is 7.11 Å². The predicted molar refractivity (Wildman–Crippen MR) is 80.6 cm³/mol. The molecule has 19 heavy (non-hydrogen) atoms. The Morgan fingerprint density at radius 2 is 1.89 bits per heavy atom. The van der Waals surface area contributed by atoms with Crippen molar-refractivity contribution in [2.24, 2.45) is 0 Å². The molecule has 0 saturated heterocycles. The molecular weight excluding hydrogens is 304 g/mol. The molecule has 0 aliphatic rings. The molecular formula is C16H17BrO2. The smallest absolute Gasteiger partial charge is 0.123 e. The molecule has 1 atom stereocenters. The number of hydrogen-bond acceptors (Lipinski definition) is 2. The first-order valence-electron chi connectivity index (χ1n) is 6.20. The summed E-state index contributed by atoms with van der Waals surface area (Å²) < 4.78 is 6.29. The first-order valence-corrected chi connectivity index (χ1v) is 6.99. The van der Waals surface area contributed by atoms with Crippen molar-refractivity contribution in [3.8, 4) is 5.75 Å². The summed E-state index contributed by atoms with van der Waals surface area (Å²) in [6, 6.07) is 14.1. The Bertz CT molecular complexity index is 550. The molecule has 0 aliphatic carbocycles. The third-order valence-corrected chi connectivity index (χ3v) is 3.77. The van der Waals surface area contributed by atoms with Crippen molar-refractivity contribution in [1.82, 2.24) is 0 Å². The van der Waals surface area contributed by atoms with Crippen LogP contribution < -0.4 is 4.74 Å². The van der Waals surface area contributed by atoms with E-state index in [9.17, 15) is 5.11 Å². The second kappa shape index (κ2) is 6.22. The molecule has 0 fully saturated rings. The number of aliphatic hydroxyl groups is 1. The number of halogens is 1. The molecule has 0 bridgehead atoms. The molecule has 0 radical (unpaired) electrons. The second-order valence-corrected chi connectivity index (χ2v) is 5.38. The highest BCUT2D eigenvalue weighted by molar-refractivity contribution is 9.10. The van der Waals surface area contributed by atoms with Crippen LogP contribution in [0.1, 0.15) is 29.7 Å². The standard InChI is InChI=1S/C16H17BrO2/c1-11(18)14-9-13(16(19-2)10-15(14)17)8-12-6-4-3-5-7-12/h3-7,9-11,18H,8H2,1-2H3. The predicted octanol–water partition coefficient (Wildman–Crippen LogP) is 4.10. The molecule has 1 N–H and O–H groups in total. The summed E-state index contributed by atoms with van der Waals surface area (Å²) in [5.74, 6) is 0.833. The topological polar surface area (TPSA) is 29.5 Å². The van der Waals surface area contributed by atoms with Crippen LogP contribution in [0.25, 0.3) is 0 Å². The van der Waals surface area contributed by atoms with Gasteiger partial charge in [-0.25, -0.2) is 0 Å². The molecule has 0 amide bonds. The maximum absolute atomic E-state index is 9.79. The lowest BCUT2D eigenvalue weighted by Gasteiger charge is -2.14. The highest BCUT2D eigenvalue weighted by Gasteiger charge is 2.12. The number of hydrogen-bond donors (Lipinski definition) is 1. The third-order valence-electron chi connectivity index (χ3n) is 3.09. The zero-order valence-corrected chi connectivity index (χ0v) is 12.6. The van der Waals surface area contributed by atoms with E-state index >= 15 is 0 Å². The quantitative estimate of drug-likeness (QED) is 0.918. The molecule has 3 heteroatoms. The van der Waals surface area contributed by atoms with Crippen LogP contribution in [0.15, 0.2) is 46.9 Å². The van der Waals surface area contributed by atoms with Gasteiger partial charge in [-0.2, -0.15) is 0 Å². The zero-order chi connectivity index (χ0) is 13.8. The Kier molecular flexibility index (Phi) is 4.61. The van der Waals surface area contributed by atoms with Crippen LogP contribution in [0, 0.1) is 0 Å². The summed E-state index contributed by atoms with van der Waals surface area (Å²) in [5, 5.41) is 9.79. The van der Waals surface area contributed by atoms with Crippen LogP contribution in [0.3, 0.4) is 0 Å². The fourth-order valence-corrected chi connectivity index (χ4v) is 2.74. The molecule has 2 aromatic carbocycles. The van der Waals surface area contributed by atoms with Gasteiger partial charge in [0.15, 0.2) is 0 Å². The van der Waals surface area contributed by atoms with Gasteiger partial charge < -0.3 is 9.84 Å². The van der Waals surface area contributed by atoms with Gasteiger partial charge in [-0.1, -0.05) is 46.3 Å². The summed E-state index contributed by atoms with van der Waals surface area (Å²) in [5.41, 5.74) is 3.18. The monoisotopic (exact) mass is 320 g/mol. The van der Waals surface area contributed by atoms with Crippen molar-refractivity contribution in [2.45, 2.75) is 19.4 Å². The van der Waals surface area contributed by atoms with Gasteiger partial charge in [-0.3, -0.25) is 0 Å². The minimum Gasteiger partial charge on any atom is -0.496 e. The number of aliphatic hydroxyl groups excluding tert-OH is 1. The van der Waals surface area contributed by atoms with E-state index in [0.29, 0.717) is 0 Å². The van der Waals surface area contributed by atoms with Crippen molar-refractivity contribution < 1.29 is 9.84 Å². The van der Waals surface area contributed by atoms with Gasteiger partial charge in [0.25, 0.3) is 0 Å². The lowest BCUT2D eigenvalue weighted by molar-refractivity contribution is 0.198. The van der Waals surface area contributed by atoms with E-state index in [4.69, 9.17) is 4.74 Å². The second-order valence-electron chi connectivity index (χ2n) is 4.52. The van der Waals surface area contributed by atoms with Crippen molar-refractivity contribution in [3.63, 3.8) is 0 Å². The summed E-state index contributed by atoms with van der Waals surface area (Å²) in [4.78, 5) is 0. The Labute approximate surface area is 122 Å².